The molecular weight excluding hydrogens is 466 g/mol. The largest absolute Gasteiger partial charge is 0.377 e. The number of nitrogens with zero attached hydrogens (tertiary/aromatic N) is 4. The van der Waals surface area contributed by atoms with Gasteiger partial charge >= 0.3 is 0 Å². The van der Waals surface area contributed by atoms with E-state index in [0.717, 1.165) is 17.1 Å². The Hall–Kier alpha value is -3.44. The second-order valence-corrected chi connectivity index (χ2v) is 10.5. The minimum Gasteiger partial charge on any atom is -0.377 e. The summed E-state index contributed by atoms with van der Waals surface area (Å²) in [6, 6.07) is 15.6. The van der Waals surface area contributed by atoms with Crippen LogP contribution in [0.4, 0.5) is 5.69 Å². The van der Waals surface area contributed by atoms with E-state index in [-0.39, 0.29) is 23.4 Å². The normalized spacial score (nSPS) is 11.7. The van der Waals surface area contributed by atoms with Gasteiger partial charge in [-0.25, -0.2) is 21.6 Å². The Morgan fingerprint density at radius 1 is 0.939 bits per heavy atom. The van der Waals surface area contributed by atoms with Crippen LogP contribution >= 0.6 is 0 Å². The summed E-state index contributed by atoms with van der Waals surface area (Å²) in [6.07, 6.45) is -0.296. The molecule has 0 spiro atoms. The maximum atomic E-state index is 13.0. The van der Waals surface area contributed by atoms with E-state index in [4.69, 9.17) is 5.53 Å². The van der Waals surface area contributed by atoms with Crippen molar-refractivity contribution in [2.45, 2.75) is 16.2 Å². The lowest BCUT2D eigenvalue weighted by Crippen LogP contribution is -2.27. The SMILES string of the molecule is CN(C)c1cccc2c(S(=O)(=O)NCCC(=O)c3ccccc3S(=O)(=O)N=[N+]=[N-])cccc12. The Bertz CT molecular complexity index is 1480. The lowest BCUT2D eigenvalue weighted by Gasteiger charge is -2.17. The third-order valence-corrected chi connectivity index (χ3v) is 7.60. The van der Waals surface area contributed by atoms with E-state index >= 15 is 0 Å². The average Bonchev–Trinajstić information content (AvgIpc) is 2.78. The molecule has 1 N–H and O–H groups in total. The van der Waals surface area contributed by atoms with Crippen molar-refractivity contribution in [1.82, 2.24) is 4.72 Å². The van der Waals surface area contributed by atoms with Gasteiger partial charge in [-0.15, -0.1) is 0 Å². The van der Waals surface area contributed by atoms with Crippen LogP contribution < -0.4 is 9.62 Å². The lowest BCUT2D eigenvalue weighted by atomic mass is 10.1. The zero-order valence-corrected chi connectivity index (χ0v) is 19.5. The summed E-state index contributed by atoms with van der Waals surface area (Å²) >= 11 is 0. The first kappa shape index (κ1) is 24.2. The minimum atomic E-state index is -4.37. The number of hydrogen-bond acceptors (Lipinski definition) is 6. The molecule has 0 aliphatic rings. The van der Waals surface area contributed by atoms with Crippen LogP contribution in [0, 0.1) is 0 Å². The third-order valence-electron chi connectivity index (χ3n) is 4.88. The van der Waals surface area contributed by atoms with Gasteiger partial charge in [-0.1, -0.05) is 42.5 Å². The van der Waals surface area contributed by atoms with Crippen molar-refractivity contribution in [3.05, 3.63) is 76.7 Å². The summed E-state index contributed by atoms with van der Waals surface area (Å²) < 4.78 is 55.3. The first-order valence-corrected chi connectivity index (χ1v) is 12.6. The van der Waals surface area contributed by atoms with Crippen molar-refractivity contribution in [3.63, 3.8) is 0 Å². The molecule has 0 aliphatic heterocycles. The van der Waals surface area contributed by atoms with Gasteiger partial charge in [-0.2, -0.15) is 0 Å². The fourth-order valence-electron chi connectivity index (χ4n) is 3.41. The van der Waals surface area contributed by atoms with E-state index < -0.39 is 30.7 Å². The maximum Gasteiger partial charge on any atom is 0.265 e. The van der Waals surface area contributed by atoms with E-state index in [2.05, 4.69) is 14.2 Å². The molecule has 0 aliphatic carbocycles. The van der Waals surface area contributed by atoms with Crippen molar-refractivity contribution in [2.24, 2.45) is 4.52 Å². The zero-order valence-electron chi connectivity index (χ0n) is 17.8. The van der Waals surface area contributed by atoms with Gasteiger partial charge in [0.2, 0.25) is 10.0 Å². The first-order chi connectivity index (χ1) is 15.6. The number of nitrogens with one attached hydrogen (secondary N) is 1. The van der Waals surface area contributed by atoms with Gasteiger partial charge in [0.1, 0.15) is 0 Å². The van der Waals surface area contributed by atoms with Crippen LogP contribution in [0.1, 0.15) is 16.8 Å². The number of Topliss-reactive ketones (excluding diaryl/α,β-unsaturated/α-hetero) is 1. The Morgan fingerprint density at radius 3 is 2.27 bits per heavy atom. The van der Waals surface area contributed by atoms with Crippen molar-refractivity contribution < 1.29 is 21.6 Å². The smallest absolute Gasteiger partial charge is 0.265 e. The molecule has 0 heterocycles. The van der Waals surface area contributed by atoms with Gasteiger partial charge in [0.25, 0.3) is 10.0 Å². The first-order valence-electron chi connectivity index (χ1n) is 9.71. The molecule has 172 valence electrons. The van der Waals surface area contributed by atoms with Gasteiger partial charge in [0.05, 0.1) is 9.79 Å². The monoisotopic (exact) mass is 487 g/mol. The molecule has 0 bridgehead atoms. The molecular formula is C21H21N5O5S2. The van der Waals surface area contributed by atoms with Crippen LogP contribution in [0.15, 0.2) is 75.0 Å². The minimum absolute atomic E-state index is 0.0717. The van der Waals surface area contributed by atoms with E-state index in [9.17, 15) is 21.6 Å². The summed E-state index contributed by atoms with van der Waals surface area (Å²) in [4.78, 5) is 16.4. The van der Waals surface area contributed by atoms with Crippen LogP contribution in [0.2, 0.25) is 0 Å². The summed E-state index contributed by atoms with van der Waals surface area (Å²) in [6.45, 7) is -0.249. The average molecular weight is 488 g/mol. The molecule has 3 aromatic carbocycles. The van der Waals surface area contributed by atoms with Gasteiger partial charge in [0.15, 0.2) is 5.78 Å². The molecule has 0 saturated heterocycles. The Morgan fingerprint density at radius 2 is 1.58 bits per heavy atom. The predicted molar refractivity (Wildman–Crippen MR) is 125 cm³/mol. The van der Waals surface area contributed by atoms with Crippen molar-refractivity contribution >= 4 is 42.3 Å². The molecule has 0 aromatic heterocycles. The Balaban J connectivity index is 1.83. The lowest BCUT2D eigenvalue weighted by molar-refractivity contribution is 0.0981. The van der Waals surface area contributed by atoms with Crippen LogP contribution in [-0.2, 0) is 20.0 Å². The maximum absolute atomic E-state index is 13.0. The number of carbonyl (C=O) groups excluding carboxylic acids is 1. The third kappa shape index (κ3) is 5.15. The number of sulfonamides is 2. The second-order valence-electron chi connectivity index (χ2n) is 7.24. The fourth-order valence-corrected chi connectivity index (χ4v) is 5.56. The van der Waals surface area contributed by atoms with Crippen molar-refractivity contribution in [3.8, 4) is 0 Å². The highest BCUT2D eigenvalue weighted by Crippen LogP contribution is 2.30. The number of hydrogen-bond donors (Lipinski definition) is 1. The molecule has 0 amide bonds. The number of fused-ring (bicyclic) bond motifs is 1. The highest BCUT2D eigenvalue weighted by atomic mass is 32.2. The van der Waals surface area contributed by atoms with Gasteiger partial charge in [-0.3, -0.25) is 4.79 Å². The Labute approximate surface area is 191 Å². The molecule has 0 saturated carbocycles. The molecule has 3 aromatic rings. The number of azide groups is 1. The highest BCUT2D eigenvalue weighted by molar-refractivity contribution is 7.90. The second kappa shape index (κ2) is 9.59. The van der Waals surface area contributed by atoms with Crippen LogP contribution in [0.3, 0.4) is 0 Å². The van der Waals surface area contributed by atoms with E-state index in [0.29, 0.717) is 5.39 Å². The van der Waals surface area contributed by atoms with Gasteiger partial charge in [0, 0.05) is 58.5 Å². The standard InChI is InChI=1S/C21H21N5O5S2/c1-26(2)18-10-5-9-16-15(18)8-6-12-20(16)32(28,29)23-14-13-19(27)17-7-3-4-11-21(17)33(30,31)25-24-22/h3-12,23H,13-14H2,1-2H3. The molecule has 0 fully saturated rings. The van der Waals surface area contributed by atoms with Crippen molar-refractivity contribution in [2.75, 3.05) is 25.5 Å². The molecule has 3 rings (SSSR count). The quantitative estimate of drug-likeness (QED) is 0.211. The number of ketones is 1. The van der Waals surface area contributed by atoms with Crippen LogP contribution in [0.5, 0.6) is 0 Å². The zero-order chi connectivity index (χ0) is 24.2. The number of carbonyl (C=O) groups is 1. The topological polar surface area (TPSA) is 149 Å². The van der Waals surface area contributed by atoms with E-state index in [1.54, 1.807) is 18.2 Å². The van der Waals surface area contributed by atoms with Crippen molar-refractivity contribution in [1.29, 1.82) is 0 Å². The molecule has 12 heteroatoms. The molecule has 33 heavy (non-hydrogen) atoms. The number of anilines is 1. The summed E-state index contributed by atoms with van der Waals surface area (Å²) in [5, 5.41) is 1.30. The molecule has 0 radical (unpaired) electrons. The fraction of sp³-hybridized carbons (Fsp3) is 0.190. The van der Waals surface area contributed by atoms with Gasteiger partial charge in [-0.05, 0) is 23.7 Å². The summed E-state index contributed by atoms with van der Waals surface area (Å²) in [7, 11) is -4.61. The van der Waals surface area contributed by atoms with E-state index in [1.807, 2.05) is 31.1 Å². The van der Waals surface area contributed by atoms with E-state index in [1.165, 1.54) is 24.3 Å². The highest BCUT2D eigenvalue weighted by Gasteiger charge is 2.22. The Kier molecular flexibility index (Phi) is 7.04. The van der Waals surface area contributed by atoms with Gasteiger partial charge < -0.3 is 4.90 Å². The predicted octanol–water partition coefficient (Wildman–Crippen LogP) is 3.46. The molecule has 0 unspecified atom stereocenters. The summed E-state index contributed by atoms with van der Waals surface area (Å²) in [5.74, 6) is -0.613. The number of rotatable bonds is 9. The number of benzene rings is 3. The molecule has 0 atom stereocenters. The van der Waals surface area contributed by atoms with Crippen LogP contribution in [0.25, 0.3) is 21.2 Å². The van der Waals surface area contributed by atoms with Crippen LogP contribution in [-0.4, -0.2) is 43.3 Å². The summed E-state index contributed by atoms with van der Waals surface area (Å²) in [5.41, 5.74) is 9.15. The molecule has 10 nitrogen and oxygen atoms in total.